The van der Waals surface area contributed by atoms with Crippen molar-refractivity contribution in [1.29, 1.82) is 0 Å². The van der Waals surface area contributed by atoms with Crippen molar-refractivity contribution < 1.29 is 38.7 Å². The molecule has 0 aromatic heterocycles. The number of amides is 5. The molecule has 3 atom stereocenters. The Hall–Kier alpha value is -4.00. The average molecular weight is 522 g/mol. The predicted octanol–water partition coefficient (Wildman–Crippen LogP) is -0.550. The Balaban J connectivity index is 1.74. The lowest BCUT2D eigenvalue weighted by Crippen LogP contribution is -2.64. The van der Waals surface area contributed by atoms with E-state index >= 15 is 0 Å². The highest BCUT2D eigenvalue weighted by atomic mass is 35.5. The van der Waals surface area contributed by atoms with E-state index in [2.05, 4.69) is 16.0 Å². The lowest BCUT2D eigenvalue weighted by Gasteiger charge is -2.43. The molecule has 36 heavy (non-hydrogen) atoms. The number of aldehydes is 1. The Kier molecular flexibility index (Phi) is 8.59. The topological polar surface area (TPSA) is 182 Å². The van der Waals surface area contributed by atoms with Crippen LogP contribution >= 0.6 is 11.6 Å². The van der Waals surface area contributed by atoms with E-state index < -0.39 is 60.1 Å². The van der Waals surface area contributed by atoms with Crippen molar-refractivity contribution >= 4 is 59.1 Å². The third kappa shape index (κ3) is 6.36. The number of carboxylic acids is 1. The van der Waals surface area contributed by atoms with E-state index in [-0.39, 0.29) is 32.1 Å². The fourth-order valence-corrected chi connectivity index (χ4v) is 4.08. The Morgan fingerprint density at radius 1 is 1.11 bits per heavy atom. The van der Waals surface area contributed by atoms with Crippen LogP contribution < -0.4 is 16.0 Å². The average Bonchev–Trinajstić information content (AvgIpc) is 2.96. The zero-order valence-corrected chi connectivity index (χ0v) is 19.7. The first kappa shape index (κ1) is 26.6. The van der Waals surface area contributed by atoms with Crippen molar-refractivity contribution in [2.45, 2.75) is 50.2 Å². The molecule has 4 N–H and O–H groups in total. The highest BCUT2D eigenvalue weighted by molar-refractivity contribution is 6.40. The van der Waals surface area contributed by atoms with Crippen LogP contribution in [0.5, 0.6) is 0 Å². The lowest BCUT2D eigenvalue weighted by molar-refractivity contribution is -0.176. The number of rotatable bonds is 7. The fourth-order valence-electron chi connectivity index (χ4n) is 3.95. The molecule has 0 radical (unpaired) electrons. The number of fused-ring (bicyclic) bond motifs is 1. The summed E-state index contributed by atoms with van der Waals surface area (Å²) in [4.78, 5) is 85.8. The molecule has 1 aromatic carbocycles. The zero-order chi connectivity index (χ0) is 26.4. The molecule has 2 heterocycles. The minimum Gasteiger partial charge on any atom is -0.481 e. The van der Waals surface area contributed by atoms with E-state index in [1.807, 2.05) is 0 Å². The van der Waals surface area contributed by atoms with Gasteiger partial charge in [0.25, 0.3) is 5.91 Å². The van der Waals surface area contributed by atoms with Gasteiger partial charge in [0.05, 0.1) is 12.5 Å². The molecule has 0 saturated carbocycles. The highest BCUT2D eigenvalue weighted by Crippen LogP contribution is 2.25. The summed E-state index contributed by atoms with van der Waals surface area (Å²) in [7, 11) is 0. The molecule has 0 aliphatic carbocycles. The molecule has 14 heteroatoms. The van der Waals surface area contributed by atoms with Gasteiger partial charge in [-0.1, -0.05) is 11.6 Å². The zero-order valence-electron chi connectivity index (χ0n) is 18.9. The number of hydrogen-bond acceptors (Lipinski definition) is 7. The summed E-state index contributed by atoms with van der Waals surface area (Å²) in [6.45, 7) is 0.151. The first-order chi connectivity index (χ1) is 17.1. The quantitative estimate of drug-likeness (QED) is 0.272. The van der Waals surface area contributed by atoms with Gasteiger partial charge in [-0.2, -0.15) is 0 Å². The van der Waals surface area contributed by atoms with Gasteiger partial charge in [0.2, 0.25) is 11.8 Å². The molecule has 5 amide bonds. The van der Waals surface area contributed by atoms with Crippen molar-refractivity contribution in [2.24, 2.45) is 0 Å². The van der Waals surface area contributed by atoms with E-state index in [4.69, 9.17) is 16.7 Å². The molecule has 2 fully saturated rings. The van der Waals surface area contributed by atoms with Crippen LogP contribution in [0, 0.1) is 0 Å². The number of hydrogen-bond donors (Lipinski definition) is 4. The van der Waals surface area contributed by atoms with Gasteiger partial charge in [0.15, 0.2) is 0 Å². The van der Waals surface area contributed by atoms with Gasteiger partial charge in [-0.25, -0.2) is 5.01 Å². The Morgan fingerprint density at radius 3 is 2.44 bits per heavy atom. The first-order valence-electron chi connectivity index (χ1n) is 11.1. The van der Waals surface area contributed by atoms with E-state index in [9.17, 15) is 33.6 Å². The SMILES string of the molecule is O=C[C@H](CC(=O)O)NC(=O)[C@@H]1CCCN2C(=O)CC[C@H](NC(=O)C(=O)Nc3ccc(Cl)cc3)C(=O)N12. The lowest BCUT2D eigenvalue weighted by atomic mass is 10.0. The number of hydrazine groups is 1. The molecule has 192 valence electrons. The van der Waals surface area contributed by atoms with Gasteiger partial charge in [-0.05, 0) is 43.5 Å². The highest BCUT2D eigenvalue weighted by Gasteiger charge is 2.45. The summed E-state index contributed by atoms with van der Waals surface area (Å²) in [6.07, 6.45) is -0.105. The summed E-state index contributed by atoms with van der Waals surface area (Å²) < 4.78 is 0. The smallest absolute Gasteiger partial charge is 0.313 e. The normalized spacial score (nSPS) is 20.5. The van der Waals surface area contributed by atoms with Crippen LogP contribution in [0.15, 0.2) is 24.3 Å². The molecular formula is C22H24ClN5O8. The number of benzene rings is 1. The largest absolute Gasteiger partial charge is 0.481 e. The molecule has 13 nitrogen and oxygen atoms in total. The molecule has 2 aliphatic rings. The molecular weight excluding hydrogens is 498 g/mol. The molecule has 3 rings (SSSR count). The molecule has 0 bridgehead atoms. The van der Waals surface area contributed by atoms with E-state index in [0.717, 1.165) is 10.0 Å². The van der Waals surface area contributed by atoms with E-state index in [0.29, 0.717) is 17.1 Å². The summed E-state index contributed by atoms with van der Waals surface area (Å²) in [5, 5.41) is 18.3. The van der Waals surface area contributed by atoms with Crippen LogP contribution in [0.1, 0.15) is 32.1 Å². The second-order valence-electron chi connectivity index (χ2n) is 8.23. The van der Waals surface area contributed by atoms with Crippen LogP contribution in [-0.2, 0) is 33.6 Å². The van der Waals surface area contributed by atoms with Crippen molar-refractivity contribution in [1.82, 2.24) is 20.7 Å². The Bertz CT molecular complexity index is 1080. The number of nitrogens with one attached hydrogen (secondary N) is 3. The Morgan fingerprint density at radius 2 is 1.81 bits per heavy atom. The number of carboxylic acid groups (broad SMARTS) is 1. The fraction of sp³-hybridized carbons (Fsp3) is 0.409. The van der Waals surface area contributed by atoms with Gasteiger partial charge in [0.1, 0.15) is 18.4 Å². The number of carbonyl (C=O) groups is 7. The standard InChI is InChI=1S/C22H24ClN5O8/c23-12-3-5-13(6-4-12)24-20(34)21(35)26-15-7-8-17(30)27-9-1-2-16(28(27)22(15)36)19(33)25-14(11-29)10-18(31)32/h3-6,11,14-16H,1-2,7-10H2,(H,24,34)(H,25,33)(H,26,35)(H,31,32)/t14-,15-,16-/m0/s1. The van der Waals surface area contributed by atoms with Crippen molar-refractivity contribution in [3.05, 3.63) is 29.3 Å². The second-order valence-corrected chi connectivity index (χ2v) is 8.67. The third-order valence-corrected chi connectivity index (χ3v) is 5.92. The molecule has 2 aliphatic heterocycles. The number of carbonyl (C=O) groups excluding carboxylic acids is 6. The summed E-state index contributed by atoms with van der Waals surface area (Å²) in [6, 6.07) is 2.16. The van der Waals surface area contributed by atoms with Crippen LogP contribution in [0.25, 0.3) is 0 Å². The molecule has 1 aromatic rings. The van der Waals surface area contributed by atoms with Crippen LogP contribution in [0.2, 0.25) is 5.02 Å². The third-order valence-electron chi connectivity index (χ3n) is 5.66. The van der Waals surface area contributed by atoms with Gasteiger partial charge in [0, 0.05) is 23.7 Å². The van der Waals surface area contributed by atoms with Crippen molar-refractivity contribution in [2.75, 3.05) is 11.9 Å². The van der Waals surface area contributed by atoms with E-state index in [1.54, 1.807) is 0 Å². The maximum Gasteiger partial charge on any atom is 0.313 e. The Labute approximate surface area is 210 Å². The minimum atomic E-state index is -1.32. The monoisotopic (exact) mass is 521 g/mol. The van der Waals surface area contributed by atoms with Crippen molar-refractivity contribution in [3.63, 3.8) is 0 Å². The van der Waals surface area contributed by atoms with Crippen molar-refractivity contribution in [3.8, 4) is 0 Å². The van der Waals surface area contributed by atoms with Crippen LogP contribution in [-0.4, -0.2) is 81.6 Å². The second kappa shape index (κ2) is 11.6. The van der Waals surface area contributed by atoms with Gasteiger partial charge in [-0.15, -0.1) is 0 Å². The predicted molar refractivity (Wildman–Crippen MR) is 123 cm³/mol. The molecule has 2 saturated heterocycles. The first-order valence-corrected chi connectivity index (χ1v) is 11.5. The maximum absolute atomic E-state index is 13.4. The number of halogens is 1. The number of nitrogens with zero attached hydrogens (tertiary/aromatic N) is 2. The molecule has 0 unspecified atom stereocenters. The molecule has 0 spiro atoms. The minimum absolute atomic E-state index is 0.102. The number of anilines is 1. The van der Waals surface area contributed by atoms with E-state index in [1.165, 1.54) is 24.3 Å². The van der Waals surface area contributed by atoms with Crippen LogP contribution in [0.3, 0.4) is 0 Å². The van der Waals surface area contributed by atoms with Gasteiger partial charge < -0.3 is 25.9 Å². The van der Waals surface area contributed by atoms with Crippen LogP contribution in [0.4, 0.5) is 5.69 Å². The van der Waals surface area contributed by atoms with Gasteiger partial charge >= 0.3 is 17.8 Å². The summed E-state index contributed by atoms with van der Waals surface area (Å²) in [5.41, 5.74) is 0.298. The summed E-state index contributed by atoms with van der Waals surface area (Å²) in [5.74, 6) is -5.53. The summed E-state index contributed by atoms with van der Waals surface area (Å²) >= 11 is 5.79. The maximum atomic E-state index is 13.4. The number of aliphatic carboxylic acids is 1. The van der Waals surface area contributed by atoms with Gasteiger partial charge in [-0.3, -0.25) is 33.8 Å².